The first-order valence-corrected chi connectivity index (χ1v) is 4.31. The third-order valence-electron chi connectivity index (χ3n) is 1.82. The molecular weight excluding hydrogens is 206 g/mol. The van der Waals surface area contributed by atoms with Gasteiger partial charge in [-0.25, -0.2) is 0 Å². The molecule has 0 atom stereocenters. The van der Waals surface area contributed by atoms with E-state index in [0.717, 1.165) is 0 Å². The van der Waals surface area contributed by atoms with Crippen molar-refractivity contribution in [2.24, 2.45) is 0 Å². The van der Waals surface area contributed by atoms with Crippen LogP contribution in [0.2, 0.25) is 5.02 Å². The molecule has 4 nitrogen and oxygen atoms in total. The van der Waals surface area contributed by atoms with Gasteiger partial charge in [0.15, 0.2) is 0 Å². The molecule has 0 saturated heterocycles. The lowest BCUT2D eigenvalue weighted by Gasteiger charge is -2.07. The Morgan fingerprint density at radius 2 is 2.21 bits per heavy atom. The molecule has 1 radical (unpaired) electrons. The fourth-order valence-corrected chi connectivity index (χ4v) is 1.25. The molecule has 0 unspecified atom stereocenters. The van der Waals surface area contributed by atoms with Crippen LogP contribution in [0, 0.1) is 16.0 Å². The van der Waals surface area contributed by atoms with Crippen LogP contribution in [0.1, 0.15) is 12.5 Å². The van der Waals surface area contributed by atoms with Crippen LogP contribution < -0.4 is 0 Å². The largest absolute Gasteiger partial charge is 0.395 e. The third kappa shape index (κ3) is 2.43. The molecule has 0 spiro atoms. The normalized spacial score (nSPS) is 10.6. The Hall–Kier alpha value is -1.13. The van der Waals surface area contributed by atoms with Gasteiger partial charge in [-0.05, 0) is 11.6 Å². The van der Waals surface area contributed by atoms with E-state index in [2.05, 4.69) is 0 Å². The maximum atomic E-state index is 10.5. The van der Waals surface area contributed by atoms with Crippen LogP contribution >= 0.6 is 11.6 Å². The predicted molar refractivity (Wildman–Crippen MR) is 53.2 cm³/mol. The molecule has 0 aliphatic heterocycles. The minimum Gasteiger partial charge on any atom is -0.395 e. The molecule has 0 saturated carbocycles. The van der Waals surface area contributed by atoms with E-state index in [9.17, 15) is 10.1 Å². The van der Waals surface area contributed by atoms with E-state index in [1.807, 2.05) is 0 Å². The SMILES string of the molecule is C[C](CO)c1cc(Cl)cc([N+](=O)[O-])c1. The fraction of sp³-hybridized carbons (Fsp3) is 0.222. The van der Waals surface area contributed by atoms with Crippen molar-refractivity contribution < 1.29 is 10.0 Å². The van der Waals surface area contributed by atoms with Gasteiger partial charge in [-0.15, -0.1) is 0 Å². The maximum absolute atomic E-state index is 10.5. The monoisotopic (exact) mass is 214 g/mol. The van der Waals surface area contributed by atoms with Gasteiger partial charge in [-0.2, -0.15) is 0 Å². The summed E-state index contributed by atoms with van der Waals surface area (Å²) in [6, 6.07) is 4.24. The molecule has 75 valence electrons. The van der Waals surface area contributed by atoms with Crippen LogP contribution in [0.5, 0.6) is 0 Å². The molecule has 5 heteroatoms. The van der Waals surface area contributed by atoms with Crippen molar-refractivity contribution in [3.8, 4) is 0 Å². The molecule has 0 aliphatic carbocycles. The molecule has 0 aromatic heterocycles. The molecule has 1 aromatic rings. The van der Waals surface area contributed by atoms with Crippen LogP contribution in [0.4, 0.5) is 5.69 Å². The van der Waals surface area contributed by atoms with Gasteiger partial charge in [0, 0.05) is 23.1 Å². The number of rotatable bonds is 3. The first-order valence-electron chi connectivity index (χ1n) is 3.93. The number of benzene rings is 1. The van der Waals surface area contributed by atoms with Crippen molar-refractivity contribution in [2.75, 3.05) is 6.61 Å². The first-order chi connectivity index (χ1) is 6.54. The number of nitrogens with zero attached hydrogens (tertiary/aromatic N) is 1. The Morgan fingerprint density at radius 3 is 2.71 bits per heavy atom. The van der Waals surface area contributed by atoms with Gasteiger partial charge >= 0.3 is 0 Å². The maximum Gasteiger partial charge on any atom is 0.271 e. The van der Waals surface area contributed by atoms with Gasteiger partial charge in [-0.1, -0.05) is 18.5 Å². The average molecular weight is 215 g/mol. The second-order valence-electron chi connectivity index (χ2n) is 2.89. The second kappa shape index (κ2) is 4.39. The number of hydrogen-bond acceptors (Lipinski definition) is 3. The molecule has 1 N–H and O–H groups in total. The summed E-state index contributed by atoms with van der Waals surface area (Å²) in [6.07, 6.45) is 0. The quantitative estimate of drug-likeness (QED) is 0.620. The average Bonchev–Trinajstić information content (AvgIpc) is 2.15. The van der Waals surface area contributed by atoms with Crippen LogP contribution in [0.15, 0.2) is 18.2 Å². The van der Waals surface area contributed by atoms with E-state index in [1.165, 1.54) is 12.1 Å². The predicted octanol–water partition coefficient (Wildman–Crippen LogP) is 2.18. The number of aliphatic hydroxyl groups excluding tert-OH is 1. The lowest BCUT2D eigenvalue weighted by atomic mass is 10.0. The number of halogens is 1. The Labute approximate surface area is 86.3 Å². The van der Waals surface area contributed by atoms with Gasteiger partial charge < -0.3 is 5.11 Å². The summed E-state index contributed by atoms with van der Waals surface area (Å²) in [5.74, 6) is 0.649. The van der Waals surface area contributed by atoms with Gasteiger partial charge in [0.1, 0.15) is 0 Å². The van der Waals surface area contributed by atoms with Crippen molar-refractivity contribution >= 4 is 17.3 Å². The summed E-state index contributed by atoms with van der Waals surface area (Å²) in [4.78, 5) is 9.98. The summed E-state index contributed by atoms with van der Waals surface area (Å²) >= 11 is 5.70. The fourth-order valence-electron chi connectivity index (χ4n) is 1.02. The minimum absolute atomic E-state index is 0.0692. The summed E-state index contributed by atoms with van der Waals surface area (Å²) in [5.41, 5.74) is 0.520. The molecule has 14 heavy (non-hydrogen) atoms. The zero-order chi connectivity index (χ0) is 10.7. The topological polar surface area (TPSA) is 63.4 Å². The van der Waals surface area contributed by atoms with E-state index in [4.69, 9.17) is 16.7 Å². The van der Waals surface area contributed by atoms with Gasteiger partial charge in [0.05, 0.1) is 11.5 Å². The minimum atomic E-state index is -0.514. The van der Waals surface area contributed by atoms with Gasteiger partial charge in [0.25, 0.3) is 5.69 Å². The summed E-state index contributed by atoms with van der Waals surface area (Å²) in [7, 11) is 0. The van der Waals surface area contributed by atoms with Crippen LogP contribution in [-0.2, 0) is 0 Å². The molecule has 0 fully saturated rings. The van der Waals surface area contributed by atoms with Crippen molar-refractivity contribution in [3.05, 3.63) is 44.8 Å². The van der Waals surface area contributed by atoms with Crippen molar-refractivity contribution in [3.63, 3.8) is 0 Å². The highest BCUT2D eigenvalue weighted by molar-refractivity contribution is 6.30. The molecule has 1 aromatic carbocycles. The zero-order valence-electron chi connectivity index (χ0n) is 7.53. The molecule has 0 amide bonds. The molecule has 0 bridgehead atoms. The lowest BCUT2D eigenvalue weighted by molar-refractivity contribution is -0.384. The van der Waals surface area contributed by atoms with Gasteiger partial charge in [-0.3, -0.25) is 10.1 Å². The molecule has 0 heterocycles. The molecular formula is C9H9ClNO3. The zero-order valence-corrected chi connectivity index (χ0v) is 8.28. The number of nitro benzene ring substituents is 1. The van der Waals surface area contributed by atoms with E-state index < -0.39 is 4.92 Å². The van der Waals surface area contributed by atoms with E-state index in [0.29, 0.717) is 16.5 Å². The van der Waals surface area contributed by atoms with Gasteiger partial charge in [0.2, 0.25) is 0 Å². The standard InChI is InChI=1S/C9H9ClNO3/c1-6(5-12)7-2-8(10)4-9(3-7)11(13)14/h2-4,12H,5H2,1H3. The number of nitro groups is 1. The van der Waals surface area contributed by atoms with E-state index >= 15 is 0 Å². The summed E-state index contributed by atoms with van der Waals surface area (Å²) in [6.45, 7) is 1.55. The highest BCUT2D eigenvalue weighted by atomic mass is 35.5. The van der Waals surface area contributed by atoms with Crippen molar-refractivity contribution in [2.45, 2.75) is 6.92 Å². The van der Waals surface area contributed by atoms with Crippen LogP contribution in [0.3, 0.4) is 0 Å². The highest BCUT2D eigenvalue weighted by Gasteiger charge is 2.12. The number of aliphatic hydroxyl groups is 1. The molecule has 0 aliphatic rings. The Kier molecular flexibility index (Phi) is 3.43. The number of hydrogen-bond donors (Lipinski definition) is 1. The van der Waals surface area contributed by atoms with Crippen LogP contribution in [-0.4, -0.2) is 16.6 Å². The summed E-state index contributed by atoms with van der Waals surface area (Å²) < 4.78 is 0. The van der Waals surface area contributed by atoms with E-state index in [1.54, 1.807) is 13.0 Å². The number of non-ortho nitro benzene ring substituents is 1. The van der Waals surface area contributed by atoms with E-state index in [-0.39, 0.29) is 12.3 Å². The lowest BCUT2D eigenvalue weighted by Crippen LogP contribution is -2.01. The third-order valence-corrected chi connectivity index (χ3v) is 2.04. The Balaban J connectivity index is 3.13. The van der Waals surface area contributed by atoms with Crippen LogP contribution in [0.25, 0.3) is 0 Å². The Bertz CT molecular complexity index is 354. The molecule has 1 rings (SSSR count). The second-order valence-corrected chi connectivity index (χ2v) is 3.33. The van der Waals surface area contributed by atoms with Crippen molar-refractivity contribution in [1.82, 2.24) is 0 Å². The first kappa shape index (κ1) is 10.9. The highest BCUT2D eigenvalue weighted by Crippen LogP contribution is 2.25. The van der Waals surface area contributed by atoms with Crippen molar-refractivity contribution in [1.29, 1.82) is 0 Å². The smallest absolute Gasteiger partial charge is 0.271 e. The summed E-state index contributed by atoms with van der Waals surface area (Å²) in [5, 5.41) is 19.6. The Morgan fingerprint density at radius 1 is 1.57 bits per heavy atom.